The molecule has 1 heteroatoms. The average Bonchev–Trinajstić information content (AvgIpc) is 2.66. The van der Waals surface area contributed by atoms with Crippen LogP contribution in [0.25, 0.3) is 24.3 Å². The molecule has 0 bridgehead atoms. The number of hydrogen-bond donors (Lipinski definition) is 0. The first kappa shape index (κ1) is 19.3. The van der Waals surface area contributed by atoms with Gasteiger partial charge in [0, 0.05) is 9.64 Å². The summed E-state index contributed by atoms with van der Waals surface area (Å²) >= 11 is 1.90. The first-order chi connectivity index (χ1) is 13.0. The van der Waals surface area contributed by atoms with Crippen molar-refractivity contribution in [2.24, 2.45) is 0 Å². The summed E-state index contributed by atoms with van der Waals surface area (Å²) in [6.07, 6.45) is 8.62. The molecular formula is C26H26S. The van der Waals surface area contributed by atoms with E-state index in [4.69, 9.17) is 0 Å². The smallest absolute Gasteiger partial charge is 0.0122 e. The Morgan fingerprint density at radius 1 is 0.519 bits per heavy atom. The van der Waals surface area contributed by atoms with Gasteiger partial charge in [0.05, 0.1) is 0 Å². The highest BCUT2D eigenvalue weighted by molar-refractivity contribution is 8.00. The maximum atomic E-state index is 2.24. The summed E-state index contributed by atoms with van der Waals surface area (Å²) in [6, 6.07) is 27.8. The molecule has 27 heavy (non-hydrogen) atoms. The monoisotopic (exact) mass is 370 g/mol. The fourth-order valence-corrected chi connectivity index (χ4v) is 3.65. The highest BCUT2D eigenvalue weighted by Crippen LogP contribution is 2.31. The Balaban J connectivity index is 1.61. The van der Waals surface area contributed by atoms with E-state index in [0.717, 1.165) is 0 Å². The normalized spacial score (nSPS) is 12.1. The summed E-state index contributed by atoms with van der Waals surface area (Å²) in [5, 5.41) is 0. The summed E-state index contributed by atoms with van der Waals surface area (Å²) in [7, 11) is 0. The average molecular weight is 371 g/mol. The van der Waals surface area contributed by atoms with Crippen molar-refractivity contribution in [3.8, 4) is 0 Å². The third-order valence-electron chi connectivity index (χ3n) is 3.98. The zero-order valence-electron chi connectivity index (χ0n) is 16.2. The van der Waals surface area contributed by atoms with E-state index in [2.05, 4.69) is 118 Å². The molecule has 0 aromatic heterocycles. The highest BCUT2D eigenvalue weighted by atomic mass is 32.2. The van der Waals surface area contributed by atoms with Crippen molar-refractivity contribution in [3.05, 3.63) is 101 Å². The summed E-state index contributed by atoms with van der Waals surface area (Å²) in [6.45, 7) is 6.72. The van der Waals surface area contributed by atoms with Crippen LogP contribution in [0.1, 0.15) is 43.0 Å². The van der Waals surface area contributed by atoms with Gasteiger partial charge in [0.15, 0.2) is 0 Å². The maximum absolute atomic E-state index is 2.24. The first-order valence-corrected chi connectivity index (χ1v) is 10.1. The molecule has 0 N–H and O–H groups in total. The lowest BCUT2D eigenvalue weighted by Gasteiger charge is -2.17. The Morgan fingerprint density at radius 2 is 0.889 bits per heavy atom. The van der Waals surface area contributed by atoms with Crippen LogP contribution in [-0.2, 0) is 0 Å². The molecule has 0 aliphatic carbocycles. The zero-order valence-corrected chi connectivity index (χ0v) is 17.0. The van der Waals surface area contributed by atoms with Crippen LogP contribution in [-0.4, -0.2) is 4.75 Å². The van der Waals surface area contributed by atoms with Crippen LogP contribution in [0.3, 0.4) is 0 Å². The Labute approximate surface area is 167 Å². The van der Waals surface area contributed by atoms with E-state index in [1.54, 1.807) is 0 Å². The van der Waals surface area contributed by atoms with Gasteiger partial charge in [0.25, 0.3) is 0 Å². The van der Waals surface area contributed by atoms with Gasteiger partial charge in [-0.1, -0.05) is 112 Å². The molecule has 0 amide bonds. The standard InChI is InChI=1S/C26H26S/c1-26(2,3)27-25-19-17-24(18-20-25)16-15-23-13-11-22(12-14-23)10-9-21-7-5-4-6-8-21/h4-20H,1-3H3/b10-9+,16-15+. The minimum Gasteiger partial charge on any atom is -0.120 e. The van der Waals surface area contributed by atoms with Crippen molar-refractivity contribution in [1.29, 1.82) is 0 Å². The predicted octanol–water partition coefficient (Wildman–Crippen LogP) is 7.92. The van der Waals surface area contributed by atoms with Crippen LogP contribution in [0.4, 0.5) is 0 Å². The van der Waals surface area contributed by atoms with Crippen molar-refractivity contribution in [3.63, 3.8) is 0 Å². The van der Waals surface area contributed by atoms with Gasteiger partial charge >= 0.3 is 0 Å². The minimum atomic E-state index is 0.244. The van der Waals surface area contributed by atoms with E-state index in [-0.39, 0.29) is 4.75 Å². The second-order valence-electron chi connectivity index (χ2n) is 7.53. The van der Waals surface area contributed by atoms with Crippen LogP contribution < -0.4 is 0 Å². The molecule has 0 aliphatic rings. The van der Waals surface area contributed by atoms with Crippen molar-refractivity contribution in [1.82, 2.24) is 0 Å². The quantitative estimate of drug-likeness (QED) is 0.325. The molecule has 3 aromatic rings. The van der Waals surface area contributed by atoms with Crippen LogP contribution in [0, 0.1) is 0 Å². The van der Waals surface area contributed by atoms with Crippen molar-refractivity contribution in [2.75, 3.05) is 0 Å². The Morgan fingerprint density at radius 3 is 1.30 bits per heavy atom. The van der Waals surface area contributed by atoms with Crippen molar-refractivity contribution >= 4 is 36.1 Å². The number of hydrogen-bond acceptors (Lipinski definition) is 1. The van der Waals surface area contributed by atoms with Crippen molar-refractivity contribution in [2.45, 2.75) is 30.4 Å². The van der Waals surface area contributed by atoms with Gasteiger partial charge in [-0.2, -0.15) is 0 Å². The van der Waals surface area contributed by atoms with Crippen LogP contribution in [0.15, 0.2) is 83.8 Å². The number of benzene rings is 3. The molecule has 0 atom stereocenters. The molecule has 0 heterocycles. The van der Waals surface area contributed by atoms with E-state index in [9.17, 15) is 0 Å². The molecule has 136 valence electrons. The third-order valence-corrected chi connectivity index (χ3v) is 5.10. The van der Waals surface area contributed by atoms with Gasteiger partial charge in [-0.3, -0.25) is 0 Å². The molecular weight excluding hydrogens is 344 g/mol. The molecule has 3 rings (SSSR count). The summed E-state index contributed by atoms with van der Waals surface area (Å²) < 4.78 is 0.244. The van der Waals surface area contributed by atoms with Crippen molar-refractivity contribution < 1.29 is 0 Å². The third kappa shape index (κ3) is 6.62. The minimum absolute atomic E-state index is 0.244. The molecule has 0 saturated heterocycles. The number of rotatable bonds is 5. The lowest BCUT2D eigenvalue weighted by atomic mass is 10.1. The summed E-state index contributed by atoms with van der Waals surface area (Å²) in [5.74, 6) is 0. The molecule has 0 saturated carbocycles. The fourth-order valence-electron chi connectivity index (χ4n) is 2.67. The Bertz CT molecular complexity index is 893. The van der Waals surface area contributed by atoms with Gasteiger partial charge in [0.2, 0.25) is 0 Å². The van der Waals surface area contributed by atoms with Gasteiger partial charge in [0.1, 0.15) is 0 Å². The van der Waals surface area contributed by atoms with E-state index < -0.39 is 0 Å². The fraction of sp³-hybridized carbons (Fsp3) is 0.154. The van der Waals surface area contributed by atoms with Crippen LogP contribution >= 0.6 is 11.8 Å². The second-order valence-corrected chi connectivity index (χ2v) is 9.43. The van der Waals surface area contributed by atoms with Gasteiger partial charge in [-0.05, 0) is 34.4 Å². The molecule has 0 unspecified atom stereocenters. The van der Waals surface area contributed by atoms with E-state index in [1.165, 1.54) is 27.1 Å². The maximum Gasteiger partial charge on any atom is 0.0122 e. The largest absolute Gasteiger partial charge is 0.120 e. The highest BCUT2D eigenvalue weighted by Gasteiger charge is 2.11. The Hall–Kier alpha value is -2.51. The molecule has 0 nitrogen and oxygen atoms in total. The molecule has 0 aliphatic heterocycles. The van der Waals surface area contributed by atoms with Gasteiger partial charge in [-0.25, -0.2) is 0 Å². The molecule has 0 spiro atoms. The van der Waals surface area contributed by atoms with Crippen LogP contribution in [0.2, 0.25) is 0 Å². The lowest BCUT2D eigenvalue weighted by Crippen LogP contribution is -2.06. The van der Waals surface area contributed by atoms with E-state index in [1.807, 2.05) is 17.8 Å². The lowest BCUT2D eigenvalue weighted by molar-refractivity contribution is 0.803. The molecule has 0 radical (unpaired) electrons. The predicted molar refractivity (Wildman–Crippen MR) is 123 cm³/mol. The van der Waals surface area contributed by atoms with E-state index in [0.29, 0.717) is 0 Å². The zero-order chi connectivity index (χ0) is 19.1. The summed E-state index contributed by atoms with van der Waals surface area (Å²) in [4.78, 5) is 1.31. The van der Waals surface area contributed by atoms with E-state index >= 15 is 0 Å². The number of thioether (sulfide) groups is 1. The second kappa shape index (κ2) is 8.92. The topological polar surface area (TPSA) is 0 Å². The SMILES string of the molecule is CC(C)(C)Sc1ccc(/C=C/c2ccc(/C=C/c3ccccc3)cc2)cc1. The van der Waals surface area contributed by atoms with Gasteiger partial charge in [-0.15, -0.1) is 11.8 Å². The molecule has 3 aromatic carbocycles. The van der Waals surface area contributed by atoms with Gasteiger partial charge < -0.3 is 0 Å². The summed E-state index contributed by atoms with van der Waals surface area (Å²) in [5.41, 5.74) is 4.86. The van der Waals surface area contributed by atoms with Crippen LogP contribution in [0.5, 0.6) is 0 Å². The molecule has 0 fully saturated rings. The Kier molecular flexibility index (Phi) is 6.36. The first-order valence-electron chi connectivity index (χ1n) is 9.28.